The smallest absolute Gasteiger partial charge is 0.174 e. The van der Waals surface area contributed by atoms with Gasteiger partial charge in [-0.15, -0.1) is 0 Å². The molecule has 102 valence electrons. The molecular weight excluding hydrogens is 334 g/mol. The molecule has 19 heavy (non-hydrogen) atoms. The molecular formula is C13H13BrClNO3. The minimum Gasteiger partial charge on any atom is -0.495 e. The third-order valence-corrected chi connectivity index (χ3v) is 3.84. The van der Waals surface area contributed by atoms with Crippen LogP contribution < -0.4 is 15.2 Å². The van der Waals surface area contributed by atoms with Gasteiger partial charge in [0.15, 0.2) is 4.67 Å². The van der Waals surface area contributed by atoms with Gasteiger partial charge in [0, 0.05) is 11.1 Å². The van der Waals surface area contributed by atoms with E-state index in [-0.39, 0.29) is 0 Å². The van der Waals surface area contributed by atoms with Gasteiger partial charge < -0.3 is 19.6 Å². The zero-order valence-electron chi connectivity index (χ0n) is 10.4. The van der Waals surface area contributed by atoms with E-state index in [2.05, 4.69) is 15.9 Å². The monoisotopic (exact) mass is 345 g/mol. The fraction of sp³-hybridized carbons (Fsp3) is 0.231. The molecule has 0 aliphatic heterocycles. The van der Waals surface area contributed by atoms with E-state index < -0.39 is 6.04 Å². The minimum atomic E-state index is -0.411. The van der Waals surface area contributed by atoms with Crippen LogP contribution >= 0.6 is 27.5 Å². The van der Waals surface area contributed by atoms with Crippen LogP contribution in [0.3, 0.4) is 0 Å². The Bertz CT molecular complexity index is 585. The standard InChI is InChI=1S/C13H13BrClNO3/c1-17-9-4-3-7(12(18-2)10(9)15)11(16)8-5-6-19-13(8)14/h3-6,11H,16H2,1-2H3. The fourth-order valence-corrected chi connectivity index (χ4v) is 2.67. The van der Waals surface area contributed by atoms with Crippen molar-refractivity contribution in [3.8, 4) is 11.5 Å². The number of halogens is 2. The summed E-state index contributed by atoms with van der Waals surface area (Å²) in [6.07, 6.45) is 1.57. The summed E-state index contributed by atoms with van der Waals surface area (Å²) in [5, 5.41) is 0.401. The lowest BCUT2D eigenvalue weighted by molar-refractivity contribution is 0.390. The molecule has 0 radical (unpaired) electrons. The van der Waals surface area contributed by atoms with E-state index in [0.29, 0.717) is 21.2 Å². The molecule has 1 aromatic carbocycles. The molecule has 1 unspecified atom stereocenters. The molecule has 0 saturated carbocycles. The van der Waals surface area contributed by atoms with Crippen LogP contribution in [0.4, 0.5) is 0 Å². The first kappa shape index (κ1) is 14.2. The lowest BCUT2D eigenvalue weighted by Gasteiger charge is -2.17. The van der Waals surface area contributed by atoms with Crippen molar-refractivity contribution >= 4 is 27.5 Å². The summed E-state index contributed by atoms with van der Waals surface area (Å²) in [4.78, 5) is 0. The van der Waals surface area contributed by atoms with Crippen molar-refractivity contribution in [1.29, 1.82) is 0 Å². The maximum Gasteiger partial charge on any atom is 0.174 e. The number of hydrogen-bond acceptors (Lipinski definition) is 4. The van der Waals surface area contributed by atoms with Crippen LogP contribution in [0.5, 0.6) is 11.5 Å². The number of benzene rings is 1. The molecule has 1 heterocycles. The van der Waals surface area contributed by atoms with E-state index in [1.807, 2.05) is 6.07 Å². The second-order valence-electron chi connectivity index (χ2n) is 3.83. The van der Waals surface area contributed by atoms with Gasteiger partial charge >= 0.3 is 0 Å². The molecule has 0 bridgehead atoms. The Balaban J connectivity index is 2.51. The largest absolute Gasteiger partial charge is 0.495 e. The van der Waals surface area contributed by atoms with Gasteiger partial charge in [-0.1, -0.05) is 11.6 Å². The highest BCUT2D eigenvalue weighted by Crippen LogP contribution is 2.41. The van der Waals surface area contributed by atoms with Gasteiger partial charge in [-0.25, -0.2) is 0 Å². The molecule has 2 aromatic rings. The molecule has 2 N–H and O–H groups in total. The summed E-state index contributed by atoms with van der Waals surface area (Å²) in [7, 11) is 3.09. The zero-order valence-corrected chi connectivity index (χ0v) is 12.8. The topological polar surface area (TPSA) is 57.6 Å². The molecule has 0 spiro atoms. The first-order chi connectivity index (χ1) is 9.10. The molecule has 0 aliphatic rings. The normalized spacial score (nSPS) is 12.3. The molecule has 6 heteroatoms. The van der Waals surface area contributed by atoms with Gasteiger partial charge in [0.05, 0.1) is 26.5 Å². The van der Waals surface area contributed by atoms with E-state index in [9.17, 15) is 0 Å². The fourth-order valence-electron chi connectivity index (χ4n) is 1.86. The Hall–Kier alpha value is -1.17. The van der Waals surface area contributed by atoms with Crippen LogP contribution in [0, 0.1) is 0 Å². The van der Waals surface area contributed by atoms with Crippen LogP contribution in [0.1, 0.15) is 17.2 Å². The lowest BCUT2D eigenvalue weighted by atomic mass is 10.0. The summed E-state index contributed by atoms with van der Waals surface area (Å²) in [5.41, 5.74) is 7.81. The van der Waals surface area contributed by atoms with E-state index in [0.717, 1.165) is 11.1 Å². The summed E-state index contributed by atoms with van der Waals surface area (Å²) < 4.78 is 16.3. The van der Waals surface area contributed by atoms with Gasteiger partial charge in [-0.3, -0.25) is 0 Å². The van der Waals surface area contributed by atoms with Gasteiger partial charge in [-0.2, -0.15) is 0 Å². The van der Waals surface area contributed by atoms with Crippen LogP contribution in [-0.4, -0.2) is 14.2 Å². The molecule has 0 fully saturated rings. The second kappa shape index (κ2) is 5.86. The van der Waals surface area contributed by atoms with Crippen LogP contribution in [-0.2, 0) is 0 Å². The summed E-state index contributed by atoms with van der Waals surface area (Å²) >= 11 is 9.53. The molecule has 0 amide bonds. The van der Waals surface area contributed by atoms with E-state index >= 15 is 0 Å². The Kier molecular flexibility index (Phi) is 4.39. The quantitative estimate of drug-likeness (QED) is 0.916. The number of nitrogens with two attached hydrogens (primary N) is 1. The van der Waals surface area contributed by atoms with Crippen molar-refractivity contribution in [2.24, 2.45) is 5.73 Å². The van der Waals surface area contributed by atoms with Crippen molar-refractivity contribution in [1.82, 2.24) is 0 Å². The highest BCUT2D eigenvalue weighted by Gasteiger charge is 2.21. The van der Waals surface area contributed by atoms with Crippen LogP contribution in [0.2, 0.25) is 5.02 Å². The Morgan fingerprint density at radius 1 is 1.21 bits per heavy atom. The van der Waals surface area contributed by atoms with E-state index in [1.54, 1.807) is 32.6 Å². The Labute approximate surface area is 124 Å². The van der Waals surface area contributed by atoms with Gasteiger partial charge in [0.1, 0.15) is 16.5 Å². The zero-order chi connectivity index (χ0) is 14.0. The summed E-state index contributed by atoms with van der Waals surface area (Å²) in [6, 6.07) is 4.97. The molecule has 2 rings (SSSR count). The van der Waals surface area contributed by atoms with Crippen LogP contribution in [0.25, 0.3) is 0 Å². The summed E-state index contributed by atoms with van der Waals surface area (Å²) in [5.74, 6) is 1.04. The molecule has 1 atom stereocenters. The number of ether oxygens (including phenoxy) is 2. The molecule has 4 nitrogen and oxygen atoms in total. The summed E-state index contributed by atoms with van der Waals surface area (Å²) in [6.45, 7) is 0. The van der Waals surface area contributed by atoms with Gasteiger partial charge in [0.25, 0.3) is 0 Å². The van der Waals surface area contributed by atoms with Crippen LogP contribution in [0.15, 0.2) is 33.5 Å². The Morgan fingerprint density at radius 3 is 2.47 bits per heavy atom. The number of rotatable bonds is 4. The minimum absolute atomic E-state index is 0.401. The van der Waals surface area contributed by atoms with E-state index in [1.165, 1.54) is 0 Å². The average molecular weight is 347 g/mol. The van der Waals surface area contributed by atoms with Crippen molar-refractivity contribution in [2.45, 2.75) is 6.04 Å². The predicted molar refractivity (Wildman–Crippen MR) is 77.0 cm³/mol. The molecule has 0 aliphatic carbocycles. The first-order valence-corrected chi connectivity index (χ1v) is 6.66. The number of furan rings is 1. The highest BCUT2D eigenvalue weighted by molar-refractivity contribution is 9.10. The third-order valence-electron chi connectivity index (χ3n) is 2.83. The predicted octanol–water partition coefficient (Wildman–Crippen LogP) is 3.76. The molecule has 1 aromatic heterocycles. The number of hydrogen-bond donors (Lipinski definition) is 1. The maximum absolute atomic E-state index is 6.23. The lowest BCUT2D eigenvalue weighted by Crippen LogP contribution is -2.13. The Morgan fingerprint density at radius 2 is 1.95 bits per heavy atom. The van der Waals surface area contributed by atoms with Crippen molar-refractivity contribution in [2.75, 3.05) is 14.2 Å². The van der Waals surface area contributed by atoms with Crippen molar-refractivity contribution in [3.63, 3.8) is 0 Å². The average Bonchev–Trinajstić information content (AvgIpc) is 2.83. The van der Waals surface area contributed by atoms with Gasteiger partial charge in [0.2, 0.25) is 0 Å². The second-order valence-corrected chi connectivity index (χ2v) is 4.93. The molecule has 0 saturated heterocycles. The van der Waals surface area contributed by atoms with E-state index in [4.69, 9.17) is 31.2 Å². The first-order valence-electron chi connectivity index (χ1n) is 5.49. The van der Waals surface area contributed by atoms with Crippen molar-refractivity contribution in [3.05, 3.63) is 45.3 Å². The number of methoxy groups -OCH3 is 2. The SMILES string of the molecule is COc1ccc(C(N)c2ccoc2Br)c(OC)c1Cl. The van der Waals surface area contributed by atoms with Crippen molar-refractivity contribution < 1.29 is 13.9 Å². The maximum atomic E-state index is 6.23. The van der Waals surface area contributed by atoms with Gasteiger partial charge in [-0.05, 0) is 34.1 Å². The third kappa shape index (κ3) is 2.59. The highest BCUT2D eigenvalue weighted by atomic mass is 79.9.